The van der Waals surface area contributed by atoms with E-state index in [1.165, 1.54) is 22.6 Å². The van der Waals surface area contributed by atoms with Crippen molar-refractivity contribution in [2.45, 2.75) is 45.9 Å². The van der Waals surface area contributed by atoms with Crippen molar-refractivity contribution in [3.05, 3.63) is 21.9 Å². The van der Waals surface area contributed by atoms with Gasteiger partial charge in [-0.2, -0.15) is 0 Å². The molecule has 1 heterocycles. The lowest BCUT2D eigenvalue weighted by molar-refractivity contribution is 0.0995. The first-order chi connectivity index (χ1) is 9.65. The summed E-state index contributed by atoms with van der Waals surface area (Å²) in [5.74, 6) is 0.709. The Hall–Kier alpha value is -0.420. The van der Waals surface area contributed by atoms with Gasteiger partial charge < -0.3 is 15.0 Å². The average Bonchev–Trinajstić information content (AvgIpc) is 3.16. The Morgan fingerprint density at radius 3 is 2.80 bits per heavy atom. The van der Waals surface area contributed by atoms with Crippen molar-refractivity contribution in [1.29, 1.82) is 0 Å². The van der Waals surface area contributed by atoms with E-state index in [0.29, 0.717) is 5.92 Å². The molecule has 0 spiro atoms. The Kier molecular flexibility index (Phi) is 6.49. The summed E-state index contributed by atoms with van der Waals surface area (Å²) in [6.45, 7) is 9.18. The number of hydrogen-bond acceptors (Lipinski definition) is 4. The highest BCUT2D eigenvalue weighted by Crippen LogP contribution is 2.24. The largest absolute Gasteiger partial charge is 0.375 e. The van der Waals surface area contributed by atoms with Crippen LogP contribution in [-0.2, 0) is 17.9 Å². The standard InChI is InChI=1S/C16H28N2OS/c1-13(2)10-17-11-15-6-7-16(20-15)12-19-9-8-18(3)14-4-5-14/h6-7,13-14,17H,4-5,8-12H2,1-3H3. The molecule has 0 aliphatic heterocycles. The molecule has 0 saturated heterocycles. The van der Waals surface area contributed by atoms with Crippen LogP contribution in [0.15, 0.2) is 12.1 Å². The van der Waals surface area contributed by atoms with Crippen molar-refractivity contribution in [2.75, 3.05) is 26.7 Å². The minimum absolute atomic E-state index is 0.709. The summed E-state index contributed by atoms with van der Waals surface area (Å²) in [7, 11) is 2.20. The van der Waals surface area contributed by atoms with Gasteiger partial charge in [0.25, 0.3) is 0 Å². The van der Waals surface area contributed by atoms with Crippen LogP contribution in [0.5, 0.6) is 0 Å². The van der Waals surface area contributed by atoms with E-state index >= 15 is 0 Å². The molecule has 2 rings (SSSR count). The molecule has 1 aliphatic rings. The van der Waals surface area contributed by atoms with Crippen LogP contribution < -0.4 is 5.32 Å². The fourth-order valence-electron chi connectivity index (χ4n) is 2.16. The van der Waals surface area contributed by atoms with Crippen LogP contribution in [0.4, 0.5) is 0 Å². The minimum Gasteiger partial charge on any atom is -0.375 e. The van der Waals surface area contributed by atoms with E-state index in [1.807, 2.05) is 11.3 Å². The number of ether oxygens (including phenoxy) is 1. The zero-order valence-electron chi connectivity index (χ0n) is 13.0. The van der Waals surface area contributed by atoms with Crippen LogP contribution in [0.1, 0.15) is 36.4 Å². The maximum atomic E-state index is 5.77. The molecule has 0 bridgehead atoms. The van der Waals surface area contributed by atoms with Crippen LogP contribution in [-0.4, -0.2) is 37.7 Å². The molecule has 0 amide bonds. The summed E-state index contributed by atoms with van der Waals surface area (Å²) in [5.41, 5.74) is 0. The summed E-state index contributed by atoms with van der Waals surface area (Å²) in [5, 5.41) is 3.48. The van der Waals surface area contributed by atoms with Crippen LogP contribution in [0.2, 0.25) is 0 Å². The SMILES string of the molecule is CC(C)CNCc1ccc(COCCN(C)C2CC2)s1. The lowest BCUT2D eigenvalue weighted by atomic mass is 10.2. The highest BCUT2D eigenvalue weighted by Gasteiger charge is 2.25. The Labute approximate surface area is 127 Å². The van der Waals surface area contributed by atoms with Crippen molar-refractivity contribution in [2.24, 2.45) is 5.92 Å². The summed E-state index contributed by atoms with van der Waals surface area (Å²) in [4.78, 5) is 5.15. The molecule has 114 valence electrons. The number of nitrogens with zero attached hydrogens (tertiary/aromatic N) is 1. The van der Waals surface area contributed by atoms with Gasteiger partial charge in [-0.3, -0.25) is 0 Å². The Morgan fingerprint density at radius 2 is 2.10 bits per heavy atom. The van der Waals surface area contributed by atoms with Gasteiger partial charge >= 0.3 is 0 Å². The number of likely N-dealkylation sites (N-methyl/N-ethyl adjacent to an activating group) is 1. The van der Waals surface area contributed by atoms with Crippen molar-refractivity contribution in [1.82, 2.24) is 10.2 Å². The summed E-state index contributed by atoms with van der Waals surface area (Å²) in [6, 6.07) is 5.24. The second kappa shape index (κ2) is 8.13. The third kappa shape index (κ3) is 5.92. The third-order valence-electron chi connectivity index (χ3n) is 3.57. The van der Waals surface area contributed by atoms with E-state index in [1.54, 1.807) is 0 Å². The first-order valence-corrected chi connectivity index (χ1v) is 8.53. The van der Waals surface area contributed by atoms with E-state index in [4.69, 9.17) is 4.74 Å². The topological polar surface area (TPSA) is 24.5 Å². The zero-order chi connectivity index (χ0) is 14.4. The second-order valence-corrected chi connectivity index (χ2v) is 7.41. The first kappa shape index (κ1) is 16.0. The maximum absolute atomic E-state index is 5.77. The van der Waals surface area contributed by atoms with Gasteiger partial charge in [0.05, 0.1) is 13.2 Å². The fourth-order valence-corrected chi connectivity index (χ4v) is 3.08. The van der Waals surface area contributed by atoms with E-state index in [-0.39, 0.29) is 0 Å². The highest BCUT2D eigenvalue weighted by molar-refractivity contribution is 7.11. The molecular weight excluding hydrogens is 268 g/mol. The smallest absolute Gasteiger partial charge is 0.0810 e. The molecule has 1 aliphatic carbocycles. The lowest BCUT2D eigenvalue weighted by Crippen LogP contribution is -2.25. The normalized spacial score (nSPS) is 15.4. The molecule has 0 unspecified atom stereocenters. The van der Waals surface area contributed by atoms with Crippen LogP contribution in [0.3, 0.4) is 0 Å². The lowest BCUT2D eigenvalue weighted by Gasteiger charge is -2.14. The fraction of sp³-hybridized carbons (Fsp3) is 0.750. The predicted molar refractivity (Wildman–Crippen MR) is 86.2 cm³/mol. The highest BCUT2D eigenvalue weighted by atomic mass is 32.1. The Balaban J connectivity index is 1.57. The summed E-state index contributed by atoms with van der Waals surface area (Å²) in [6.07, 6.45) is 2.74. The molecule has 3 nitrogen and oxygen atoms in total. The maximum Gasteiger partial charge on any atom is 0.0810 e. The van der Waals surface area contributed by atoms with Gasteiger partial charge in [-0.1, -0.05) is 13.8 Å². The molecular formula is C16H28N2OS. The molecule has 0 radical (unpaired) electrons. The molecule has 20 heavy (non-hydrogen) atoms. The molecule has 1 saturated carbocycles. The molecule has 4 heteroatoms. The van der Waals surface area contributed by atoms with E-state index in [9.17, 15) is 0 Å². The van der Waals surface area contributed by atoms with Gasteiger partial charge in [0.1, 0.15) is 0 Å². The van der Waals surface area contributed by atoms with Gasteiger partial charge in [0.15, 0.2) is 0 Å². The summed E-state index contributed by atoms with van der Waals surface area (Å²) >= 11 is 1.86. The van der Waals surface area contributed by atoms with Crippen molar-refractivity contribution in [3.8, 4) is 0 Å². The molecule has 1 N–H and O–H groups in total. The van der Waals surface area contributed by atoms with Crippen LogP contribution >= 0.6 is 11.3 Å². The number of rotatable bonds is 10. The van der Waals surface area contributed by atoms with E-state index in [2.05, 4.69) is 43.2 Å². The number of nitrogens with one attached hydrogen (secondary N) is 1. The number of hydrogen-bond donors (Lipinski definition) is 1. The van der Waals surface area contributed by atoms with Crippen molar-refractivity contribution in [3.63, 3.8) is 0 Å². The van der Waals surface area contributed by atoms with Gasteiger partial charge in [-0.15, -0.1) is 11.3 Å². The summed E-state index contributed by atoms with van der Waals surface area (Å²) < 4.78 is 5.77. The first-order valence-electron chi connectivity index (χ1n) is 7.71. The van der Waals surface area contributed by atoms with Gasteiger partial charge in [-0.05, 0) is 44.5 Å². The molecule has 1 fully saturated rings. The van der Waals surface area contributed by atoms with E-state index in [0.717, 1.165) is 38.9 Å². The number of thiophene rings is 1. The second-order valence-electron chi connectivity index (χ2n) is 6.16. The monoisotopic (exact) mass is 296 g/mol. The molecule has 1 aromatic rings. The van der Waals surface area contributed by atoms with Gasteiger partial charge in [0.2, 0.25) is 0 Å². The van der Waals surface area contributed by atoms with Crippen molar-refractivity contribution >= 4 is 11.3 Å². The van der Waals surface area contributed by atoms with E-state index < -0.39 is 0 Å². The van der Waals surface area contributed by atoms with Gasteiger partial charge in [-0.25, -0.2) is 0 Å². The Bertz CT molecular complexity index is 388. The Morgan fingerprint density at radius 1 is 1.35 bits per heavy atom. The zero-order valence-corrected chi connectivity index (χ0v) is 13.8. The van der Waals surface area contributed by atoms with Gasteiger partial charge in [0, 0.05) is 28.9 Å². The molecule has 0 atom stereocenters. The minimum atomic E-state index is 0.709. The average molecular weight is 296 g/mol. The predicted octanol–water partition coefficient (Wildman–Crippen LogP) is 3.10. The van der Waals surface area contributed by atoms with Crippen molar-refractivity contribution < 1.29 is 4.74 Å². The third-order valence-corrected chi connectivity index (χ3v) is 4.63. The quantitative estimate of drug-likeness (QED) is 0.672. The van der Waals surface area contributed by atoms with Crippen LogP contribution in [0.25, 0.3) is 0 Å². The molecule has 0 aromatic carbocycles. The molecule has 1 aromatic heterocycles. The van der Waals surface area contributed by atoms with Crippen LogP contribution in [0, 0.1) is 5.92 Å².